The Bertz CT molecular complexity index is 3170. The number of fused-ring (bicyclic) bond motifs is 10. The Hall–Kier alpha value is -6.50. The van der Waals surface area contributed by atoms with E-state index in [0.29, 0.717) is 0 Å². The van der Waals surface area contributed by atoms with Crippen LogP contribution in [0.5, 0.6) is 0 Å². The van der Waals surface area contributed by atoms with Crippen LogP contribution in [-0.2, 0) is 10.8 Å². The van der Waals surface area contributed by atoms with Crippen molar-refractivity contribution in [3.05, 3.63) is 192 Å². The summed E-state index contributed by atoms with van der Waals surface area (Å²) >= 11 is 0. The molecule has 3 aliphatic rings. The summed E-state index contributed by atoms with van der Waals surface area (Å²) in [5, 5.41) is 5.23. The zero-order chi connectivity index (χ0) is 37.5. The van der Waals surface area contributed by atoms with Crippen molar-refractivity contribution < 1.29 is 0 Å². The highest BCUT2D eigenvalue weighted by molar-refractivity contribution is 6.28. The lowest BCUT2D eigenvalue weighted by molar-refractivity contribution is 0.660. The predicted molar refractivity (Wildman–Crippen MR) is 237 cm³/mol. The number of rotatable bonds is 3. The van der Waals surface area contributed by atoms with E-state index in [-0.39, 0.29) is 10.8 Å². The van der Waals surface area contributed by atoms with Gasteiger partial charge in [-0.1, -0.05) is 179 Å². The van der Waals surface area contributed by atoms with Gasteiger partial charge in [-0.05, 0) is 140 Å². The van der Waals surface area contributed by atoms with E-state index in [1.807, 2.05) is 0 Å². The summed E-state index contributed by atoms with van der Waals surface area (Å²) in [6.07, 6.45) is 0. The van der Waals surface area contributed by atoms with Crippen LogP contribution < -0.4 is 0 Å². The molecule has 9 aromatic carbocycles. The molecule has 56 heavy (non-hydrogen) atoms. The molecule has 0 aliphatic heterocycles. The van der Waals surface area contributed by atoms with Crippen LogP contribution in [0.4, 0.5) is 0 Å². The highest BCUT2D eigenvalue weighted by atomic mass is 14.4. The van der Waals surface area contributed by atoms with Gasteiger partial charge in [0.15, 0.2) is 0 Å². The van der Waals surface area contributed by atoms with Gasteiger partial charge in [-0.15, -0.1) is 0 Å². The Labute approximate surface area is 328 Å². The van der Waals surface area contributed by atoms with Gasteiger partial charge >= 0.3 is 0 Å². The van der Waals surface area contributed by atoms with Crippen molar-refractivity contribution in [2.24, 2.45) is 0 Å². The molecule has 0 aromatic heterocycles. The Morgan fingerprint density at radius 2 is 0.750 bits per heavy atom. The van der Waals surface area contributed by atoms with Crippen LogP contribution in [-0.4, -0.2) is 0 Å². The van der Waals surface area contributed by atoms with Crippen molar-refractivity contribution in [3.8, 4) is 77.9 Å². The fourth-order valence-electron chi connectivity index (χ4n) is 10.9. The first-order valence-electron chi connectivity index (χ1n) is 20.0. The van der Waals surface area contributed by atoms with Crippen LogP contribution in [0.15, 0.2) is 170 Å². The third-order valence-corrected chi connectivity index (χ3v) is 13.6. The molecule has 0 atom stereocenters. The van der Waals surface area contributed by atoms with Crippen molar-refractivity contribution in [2.75, 3.05) is 0 Å². The van der Waals surface area contributed by atoms with E-state index in [1.165, 1.54) is 122 Å². The first-order chi connectivity index (χ1) is 27.3. The Morgan fingerprint density at radius 3 is 1.32 bits per heavy atom. The fraction of sp³-hybridized carbons (Fsp3) is 0.107. The topological polar surface area (TPSA) is 0 Å². The molecule has 0 heterocycles. The summed E-state index contributed by atoms with van der Waals surface area (Å²) in [5.74, 6) is 0. The molecule has 264 valence electrons. The maximum atomic E-state index is 2.53. The first-order valence-corrected chi connectivity index (χ1v) is 20.0. The predicted octanol–water partition coefficient (Wildman–Crippen LogP) is 15.3. The standard InChI is InChI=1S/C56H40/c1-55(2)46-22-10-8-18-38(46)40-27-25-36(31-48(40)55)51-42-29-24-35(33-14-6-5-7-15-33)30-45(42)52(54-44-21-13-17-34-16-12-20-43(50(34)44)53(51)54)37-26-28-41-39-19-9-11-23-47(39)56(3,4)49(41)32-37/h5-32H,1-4H3. The van der Waals surface area contributed by atoms with E-state index >= 15 is 0 Å². The maximum absolute atomic E-state index is 2.53. The third kappa shape index (κ3) is 4.09. The highest BCUT2D eigenvalue weighted by Crippen LogP contribution is 2.60. The van der Waals surface area contributed by atoms with E-state index in [0.717, 1.165) is 0 Å². The summed E-state index contributed by atoms with van der Waals surface area (Å²) in [5.41, 5.74) is 23.8. The smallest absolute Gasteiger partial charge is 0.0159 e. The van der Waals surface area contributed by atoms with Crippen LogP contribution in [0.2, 0.25) is 0 Å². The molecule has 0 saturated carbocycles. The minimum atomic E-state index is -0.103. The van der Waals surface area contributed by atoms with Gasteiger partial charge in [0.2, 0.25) is 0 Å². The van der Waals surface area contributed by atoms with Gasteiger partial charge in [-0.25, -0.2) is 0 Å². The lowest BCUT2D eigenvalue weighted by Gasteiger charge is -2.25. The minimum absolute atomic E-state index is 0.0981. The Kier molecular flexibility index (Phi) is 6.28. The SMILES string of the molecule is CC1(C)c2ccccc2-c2ccc(-c3c4c(c(-c5ccc6c(c5)C(C)(C)c5ccccc5-6)c5cc(-c6ccccc6)ccc35)-c3cccc5cccc-4c35)cc21. The second kappa shape index (κ2) is 11.1. The molecule has 0 N–H and O–H groups in total. The molecular weight excluding hydrogens is 673 g/mol. The van der Waals surface area contributed by atoms with Gasteiger partial charge in [0.1, 0.15) is 0 Å². The molecule has 0 fully saturated rings. The van der Waals surface area contributed by atoms with Crippen molar-refractivity contribution in [1.82, 2.24) is 0 Å². The summed E-state index contributed by atoms with van der Waals surface area (Å²) in [4.78, 5) is 0. The zero-order valence-electron chi connectivity index (χ0n) is 32.2. The molecule has 9 aromatic rings. The average molecular weight is 713 g/mol. The van der Waals surface area contributed by atoms with Crippen LogP contribution >= 0.6 is 0 Å². The molecule has 0 nitrogen and oxygen atoms in total. The minimum Gasteiger partial charge on any atom is -0.0622 e. The molecule has 0 spiro atoms. The van der Waals surface area contributed by atoms with Gasteiger partial charge in [-0.3, -0.25) is 0 Å². The molecule has 3 aliphatic carbocycles. The highest BCUT2D eigenvalue weighted by Gasteiger charge is 2.38. The van der Waals surface area contributed by atoms with Crippen molar-refractivity contribution in [2.45, 2.75) is 38.5 Å². The molecule has 0 heteroatoms. The van der Waals surface area contributed by atoms with Crippen LogP contribution in [0.3, 0.4) is 0 Å². The summed E-state index contributed by atoms with van der Waals surface area (Å²) in [6.45, 7) is 9.57. The van der Waals surface area contributed by atoms with Crippen molar-refractivity contribution in [1.29, 1.82) is 0 Å². The quantitative estimate of drug-likeness (QED) is 0.171. The fourth-order valence-corrected chi connectivity index (χ4v) is 10.9. The van der Waals surface area contributed by atoms with E-state index < -0.39 is 0 Å². The van der Waals surface area contributed by atoms with Crippen molar-refractivity contribution >= 4 is 21.5 Å². The molecule has 12 rings (SSSR count). The van der Waals surface area contributed by atoms with E-state index in [4.69, 9.17) is 0 Å². The number of benzene rings is 9. The molecular formula is C56H40. The summed E-state index contributed by atoms with van der Waals surface area (Å²) in [7, 11) is 0. The summed E-state index contributed by atoms with van der Waals surface area (Å²) < 4.78 is 0. The molecule has 0 radical (unpaired) electrons. The molecule has 0 bridgehead atoms. The lowest BCUT2D eigenvalue weighted by Crippen LogP contribution is -2.15. The summed E-state index contributed by atoms with van der Waals surface area (Å²) in [6, 6.07) is 64.5. The second-order valence-electron chi connectivity index (χ2n) is 17.2. The largest absolute Gasteiger partial charge is 0.0622 e. The zero-order valence-corrected chi connectivity index (χ0v) is 32.2. The van der Waals surface area contributed by atoms with Crippen LogP contribution in [0, 0.1) is 0 Å². The molecule has 0 unspecified atom stereocenters. The van der Waals surface area contributed by atoms with Gasteiger partial charge in [0.05, 0.1) is 0 Å². The first kappa shape index (κ1) is 31.8. The number of hydrogen-bond donors (Lipinski definition) is 0. The maximum Gasteiger partial charge on any atom is 0.0159 e. The van der Waals surface area contributed by atoms with Gasteiger partial charge in [-0.2, -0.15) is 0 Å². The molecule has 0 amide bonds. The van der Waals surface area contributed by atoms with Gasteiger partial charge < -0.3 is 0 Å². The average Bonchev–Trinajstić information content (AvgIpc) is 3.77. The Balaban J connectivity index is 1.22. The molecule has 0 saturated heterocycles. The normalized spacial score (nSPS) is 14.7. The van der Waals surface area contributed by atoms with Crippen LogP contribution in [0.1, 0.15) is 49.9 Å². The third-order valence-electron chi connectivity index (χ3n) is 13.6. The monoisotopic (exact) mass is 712 g/mol. The van der Waals surface area contributed by atoms with E-state index in [2.05, 4.69) is 198 Å². The van der Waals surface area contributed by atoms with Crippen LogP contribution in [0.25, 0.3) is 99.4 Å². The van der Waals surface area contributed by atoms with E-state index in [1.54, 1.807) is 0 Å². The second-order valence-corrected chi connectivity index (χ2v) is 17.2. The number of hydrogen-bond acceptors (Lipinski definition) is 0. The Morgan fingerprint density at radius 1 is 0.286 bits per heavy atom. The van der Waals surface area contributed by atoms with Gasteiger partial charge in [0, 0.05) is 10.8 Å². The van der Waals surface area contributed by atoms with E-state index in [9.17, 15) is 0 Å². The van der Waals surface area contributed by atoms with Crippen molar-refractivity contribution in [3.63, 3.8) is 0 Å². The lowest BCUT2D eigenvalue weighted by atomic mass is 9.78. The van der Waals surface area contributed by atoms with Gasteiger partial charge in [0.25, 0.3) is 0 Å².